The van der Waals surface area contributed by atoms with E-state index in [0.29, 0.717) is 0 Å². The maximum absolute atomic E-state index is 2.30. The second-order valence-electron chi connectivity index (χ2n) is 5.18. The van der Waals surface area contributed by atoms with Gasteiger partial charge in [0, 0.05) is 4.90 Å². The van der Waals surface area contributed by atoms with Crippen molar-refractivity contribution >= 4 is 11.8 Å². The molecule has 0 aromatic heterocycles. The molecule has 104 valence electrons. The minimum absolute atomic E-state index is 0.0934. The van der Waals surface area contributed by atoms with Gasteiger partial charge in [0.15, 0.2) is 0 Å². The van der Waals surface area contributed by atoms with E-state index in [-0.39, 0.29) is 4.75 Å². The molecule has 0 N–H and O–H groups in total. The van der Waals surface area contributed by atoms with E-state index in [1.54, 1.807) is 0 Å². The Kier molecular flexibility index (Phi) is 4.12. The highest BCUT2D eigenvalue weighted by atomic mass is 32.2. The third-order valence-electron chi connectivity index (χ3n) is 3.71. The molecule has 0 saturated heterocycles. The Balaban J connectivity index is 2.07. The van der Waals surface area contributed by atoms with Gasteiger partial charge in [0.1, 0.15) is 0 Å². The lowest BCUT2D eigenvalue weighted by molar-refractivity contribution is 0.838. The average molecular weight is 290 g/mol. The van der Waals surface area contributed by atoms with E-state index >= 15 is 0 Å². The molecular formula is C20H18S. The first kappa shape index (κ1) is 14.0. The fourth-order valence-electron chi connectivity index (χ4n) is 2.52. The third-order valence-corrected chi connectivity index (χ3v) is 5.10. The van der Waals surface area contributed by atoms with Crippen LogP contribution in [0, 0.1) is 0 Å². The normalized spacial score (nSPS) is 11.3. The maximum Gasteiger partial charge on any atom is 0.0675 e. The van der Waals surface area contributed by atoms with Crippen LogP contribution < -0.4 is 0 Å². The summed E-state index contributed by atoms with van der Waals surface area (Å²) in [5.41, 5.74) is 2.65. The molecule has 0 aliphatic carbocycles. The second-order valence-corrected chi connectivity index (χ2v) is 6.67. The fraction of sp³-hybridized carbons (Fsp3) is 0.100. The molecule has 0 bridgehead atoms. The Morgan fingerprint density at radius 1 is 0.571 bits per heavy atom. The zero-order valence-corrected chi connectivity index (χ0v) is 12.9. The molecule has 0 amide bonds. The molecule has 3 aromatic carbocycles. The van der Waals surface area contributed by atoms with Crippen LogP contribution >= 0.6 is 11.8 Å². The monoisotopic (exact) mass is 290 g/mol. The second kappa shape index (κ2) is 6.19. The van der Waals surface area contributed by atoms with Gasteiger partial charge in [0.2, 0.25) is 0 Å². The average Bonchev–Trinajstić information content (AvgIpc) is 2.57. The summed E-state index contributed by atoms with van der Waals surface area (Å²) in [6.07, 6.45) is 0. The predicted molar refractivity (Wildman–Crippen MR) is 91.6 cm³/mol. The van der Waals surface area contributed by atoms with E-state index in [9.17, 15) is 0 Å². The van der Waals surface area contributed by atoms with Gasteiger partial charge in [-0.25, -0.2) is 0 Å². The quantitative estimate of drug-likeness (QED) is 0.552. The number of benzene rings is 3. The summed E-state index contributed by atoms with van der Waals surface area (Å²) in [5, 5.41) is 0. The lowest BCUT2D eigenvalue weighted by Crippen LogP contribution is -2.19. The van der Waals surface area contributed by atoms with E-state index in [1.807, 2.05) is 11.8 Å². The number of thioether (sulfide) groups is 1. The molecule has 0 fully saturated rings. The van der Waals surface area contributed by atoms with Gasteiger partial charge in [-0.1, -0.05) is 78.9 Å². The molecular weight excluding hydrogens is 272 g/mol. The minimum Gasteiger partial charge on any atom is -0.110 e. The molecule has 0 unspecified atom stereocenters. The maximum atomic E-state index is 2.30. The van der Waals surface area contributed by atoms with E-state index in [0.717, 1.165) is 0 Å². The van der Waals surface area contributed by atoms with Crippen molar-refractivity contribution in [2.24, 2.45) is 0 Å². The van der Waals surface area contributed by atoms with Crippen LogP contribution in [0.3, 0.4) is 0 Å². The van der Waals surface area contributed by atoms with Crippen LogP contribution in [0.2, 0.25) is 0 Å². The summed E-state index contributed by atoms with van der Waals surface area (Å²) in [7, 11) is 0. The van der Waals surface area contributed by atoms with Gasteiger partial charge in [0.25, 0.3) is 0 Å². The van der Waals surface area contributed by atoms with E-state index < -0.39 is 0 Å². The molecule has 0 saturated carbocycles. The Hall–Kier alpha value is -1.99. The first-order valence-corrected chi connectivity index (χ1v) is 7.96. The summed E-state index contributed by atoms with van der Waals surface area (Å²) in [6.45, 7) is 2.30. The smallest absolute Gasteiger partial charge is 0.0675 e. The molecule has 0 aliphatic heterocycles. The Morgan fingerprint density at radius 2 is 0.952 bits per heavy atom. The molecule has 3 aromatic rings. The van der Waals surface area contributed by atoms with Crippen LogP contribution in [0.1, 0.15) is 18.1 Å². The zero-order chi connectivity index (χ0) is 14.5. The molecule has 1 heteroatoms. The van der Waals surface area contributed by atoms with Crippen molar-refractivity contribution in [2.45, 2.75) is 16.6 Å². The van der Waals surface area contributed by atoms with Crippen molar-refractivity contribution in [3.63, 3.8) is 0 Å². The van der Waals surface area contributed by atoms with E-state index in [2.05, 4.69) is 97.9 Å². The Morgan fingerprint density at radius 3 is 1.38 bits per heavy atom. The van der Waals surface area contributed by atoms with E-state index in [1.165, 1.54) is 16.0 Å². The topological polar surface area (TPSA) is 0 Å². The largest absolute Gasteiger partial charge is 0.110 e. The van der Waals surface area contributed by atoms with Gasteiger partial charge >= 0.3 is 0 Å². The molecule has 0 spiro atoms. The van der Waals surface area contributed by atoms with Gasteiger partial charge in [-0.3, -0.25) is 0 Å². The van der Waals surface area contributed by atoms with E-state index in [4.69, 9.17) is 0 Å². The first-order valence-electron chi connectivity index (χ1n) is 7.14. The van der Waals surface area contributed by atoms with Crippen molar-refractivity contribution in [2.75, 3.05) is 0 Å². The van der Waals surface area contributed by atoms with Crippen molar-refractivity contribution in [1.82, 2.24) is 0 Å². The lowest BCUT2D eigenvalue weighted by Gasteiger charge is -2.30. The fourth-order valence-corrected chi connectivity index (χ4v) is 3.79. The molecule has 0 aliphatic rings. The van der Waals surface area contributed by atoms with Crippen molar-refractivity contribution in [1.29, 1.82) is 0 Å². The zero-order valence-electron chi connectivity index (χ0n) is 12.1. The summed E-state index contributed by atoms with van der Waals surface area (Å²) in [4.78, 5) is 1.28. The van der Waals surface area contributed by atoms with Crippen LogP contribution in [-0.2, 0) is 4.75 Å². The molecule has 0 nitrogen and oxygen atoms in total. The number of rotatable bonds is 4. The van der Waals surface area contributed by atoms with Gasteiger partial charge in [-0.15, -0.1) is 11.8 Å². The van der Waals surface area contributed by atoms with Crippen molar-refractivity contribution in [3.8, 4) is 0 Å². The van der Waals surface area contributed by atoms with Gasteiger partial charge < -0.3 is 0 Å². The van der Waals surface area contributed by atoms with Gasteiger partial charge in [-0.05, 0) is 30.2 Å². The van der Waals surface area contributed by atoms with Crippen LogP contribution in [0.25, 0.3) is 0 Å². The molecule has 0 atom stereocenters. The highest BCUT2D eigenvalue weighted by molar-refractivity contribution is 8.00. The summed E-state index contributed by atoms with van der Waals surface area (Å²) in [6, 6.07) is 32.0. The Labute approximate surface area is 130 Å². The summed E-state index contributed by atoms with van der Waals surface area (Å²) < 4.78 is -0.0934. The SMILES string of the molecule is CC(Sc1ccccc1)(c1ccccc1)c1ccccc1. The standard InChI is InChI=1S/C20H18S/c1-20(17-11-5-2-6-12-17,18-13-7-3-8-14-18)21-19-15-9-4-10-16-19/h2-16H,1H3. The number of hydrogen-bond donors (Lipinski definition) is 0. The molecule has 0 heterocycles. The van der Waals surface area contributed by atoms with Crippen LogP contribution in [0.15, 0.2) is 95.9 Å². The van der Waals surface area contributed by atoms with Crippen LogP contribution in [0.4, 0.5) is 0 Å². The number of hydrogen-bond acceptors (Lipinski definition) is 1. The lowest BCUT2D eigenvalue weighted by atomic mass is 9.92. The van der Waals surface area contributed by atoms with Crippen LogP contribution in [0.5, 0.6) is 0 Å². The van der Waals surface area contributed by atoms with Gasteiger partial charge in [-0.2, -0.15) is 0 Å². The van der Waals surface area contributed by atoms with Crippen molar-refractivity contribution < 1.29 is 0 Å². The molecule has 21 heavy (non-hydrogen) atoms. The minimum atomic E-state index is -0.0934. The molecule has 0 radical (unpaired) electrons. The first-order chi connectivity index (χ1) is 10.3. The highest BCUT2D eigenvalue weighted by Crippen LogP contribution is 2.46. The van der Waals surface area contributed by atoms with Gasteiger partial charge in [0.05, 0.1) is 4.75 Å². The van der Waals surface area contributed by atoms with Crippen molar-refractivity contribution in [3.05, 3.63) is 102 Å². The van der Waals surface area contributed by atoms with Crippen LogP contribution in [-0.4, -0.2) is 0 Å². The third kappa shape index (κ3) is 3.03. The molecule has 3 rings (SSSR count). The Bertz CT molecular complexity index is 635. The highest BCUT2D eigenvalue weighted by Gasteiger charge is 2.29. The summed E-state index contributed by atoms with van der Waals surface area (Å²) >= 11 is 1.90. The predicted octanol–water partition coefficient (Wildman–Crippen LogP) is 5.74. The summed E-state index contributed by atoms with van der Waals surface area (Å²) in [5.74, 6) is 0.